The van der Waals surface area contributed by atoms with E-state index in [1.54, 1.807) is 42.7 Å². The first-order valence-electron chi connectivity index (χ1n) is 11.2. The van der Waals surface area contributed by atoms with Crippen LogP contribution >= 0.6 is 23.6 Å². The fourth-order valence-corrected chi connectivity index (χ4v) is 5.21. The number of rotatable bonds is 6. The van der Waals surface area contributed by atoms with Gasteiger partial charge in [-0.05, 0) is 36.2 Å². The second-order valence-electron chi connectivity index (χ2n) is 8.29. The third-order valence-corrected chi connectivity index (χ3v) is 6.99. The number of thiocarbonyl (C=S) groups is 1. The van der Waals surface area contributed by atoms with Crippen molar-refractivity contribution < 1.29 is 9.13 Å². The fraction of sp³-hybridized carbons (Fsp3) is 0.231. The second kappa shape index (κ2) is 10.1. The number of aromatic nitrogens is 1. The third-order valence-electron chi connectivity index (χ3n) is 5.70. The first kappa shape index (κ1) is 22.9. The molecule has 1 saturated heterocycles. The zero-order valence-electron chi connectivity index (χ0n) is 18.8. The predicted octanol–water partition coefficient (Wildman–Crippen LogP) is 6.06. The maximum absolute atomic E-state index is 14.6. The normalized spacial score (nSPS) is 14.3. The van der Waals surface area contributed by atoms with Gasteiger partial charge in [-0.1, -0.05) is 36.5 Å². The molecular weight excluding hydrogens is 467 g/mol. The minimum Gasteiger partial charge on any atom is -0.453 e. The molecule has 2 aromatic heterocycles. The molecule has 5 nitrogen and oxygen atoms in total. The average Bonchev–Trinajstić information content (AvgIpc) is 3.27. The summed E-state index contributed by atoms with van der Waals surface area (Å²) in [7, 11) is 0. The van der Waals surface area contributed by atoms with Gasteiger partial charge in [-0.25, -0.2) is 4.39 Å². The molecule has 8 heteroatoms. The van der Waals surface area contributed by atoms with E-state index in [2.05, 4.69) is 50.8 Å². The van der Waals surface area contributed by atoms with Gasteiger partial charge in [-0.15, -0.1) is 11.3 Å². The fourth-order valence-electron chi connectivity index (χ4n) is 4.02. The summed E-state index contributed by atoms with van der Waals surface area (Å²) in [6, 6.07) is 17.3. The van der Waals surface area contributed by atoms with E-state index in [0.29, 0.717) is 16.4 Å². The Morgan fingerprint density at radius 1 is 1.12 bits per heavy atom. The third kappa shape index (κ3) is 5.26. The first-order valence-corrected chi connectivity index (χ1v) is 12.4. The Hall–Kier alpha value is -2.91. The molecule has 1 aliphatic rings. The monoisotopic (exact) mass is 492 g/mol. The number of nitrogens with one attached hydrogen (secondary N) is 2. The van der Waals surface area contributed by atoms with Crippen LogP contribution in [0.3, 0.4) is 0 Å². The molecule has 174 valence electrons. The van der Waals surface area contributed by atoms with Crippen molar-refractivity contribution in [1.82, 2.24) is 15.2 Å². The lowest BCUT2D eigenvalue weighted by Gasteiger charge is -2.27. The van der Waals surface area contributed by atoms with Crippen LogP contribution in [-0.4, -0.2) is 41.1 Å². The zero-order valence-corrected chi connectivity index (χ0v) is 20.4. The molecule has 0 atom stereocenters. The average molecular weight is 493 g/mol. The summed E-state index contributed by atoms with van der Waals surface area (Å²) in [6.07, 6.45) is 1.69. The van der Waals surface area contributed by atoms with E-state index in [4.69, 9.17) is 17.0 Å². The summed E-state index contributed by atoms with van der Waals surface area (Å²) in [5.74, 6) is 0.289. The van der Waals surface area contributed by atoms with Crippen LogP contribution in [0.5, 0.6) is 11.5 Å². The summed E-state index contributed by atoms with van der Waals surface area (Å²) in [6.45, 7) is 6.98. The Labute approximate surface area is 207 Å². The molecule has 0 saturated carbocycles. The number of benzene rings is 2. The smallest absolute Gasteiger partial charge is 0.167 e. The highest BCUT2D eigenvalue weighted by Gasteiger charge is 2.14. The second-order valence-corrected chi connectivity index (χ2v) is 9.95. The van der Waals surface area contributed by atoms with Gasteiger partial charge < -0.3 is 15.4 Å². The van der Waals surface area contributed by atoms with E-state index in [-0.39, 0.29) is 5.75 Å². The van der Waals surface area contributed by atoms with Gasteiger partial charge in [-0.2, -0.15) is 0 Å². The maximum Gasteiger partial charge on any atom is 0.167 e. The summed E-state index contributed by atoms with van der Waals surface area (Å²) < 4.78 is 21.5. The molecule has 34 heavy (non-hydrogen) atoms. The van der Waals surface area contributed by atoms with Gasteiger partial charge in [0.25, 0.3) is 0 Å². The number of hydrogen-bond acceptors (Lipinski definition) is 6. The van der Waals surface area contributed by atoms with Gasteiger partial charge in [-0.3, -0.25) is 9.88 Å². The highest BCUT2D eigenvalue weighted by atomic mass is 32.1. The van der Waals surface area contributed by atoms with Crippen molar-refractivity contribution in [2.75, 3.05) is 31.5 Å². The van der Waals surface area contributed by atoms with Crippen LogP contribution in [0.15, 0.2) is 60.8 Å². The van der Waals surface area contributed by atoms with E-state index in [0.717, 1.165) is 53.4 Å². The van der Waals surface area contributed by atoms with E-state index in [1.165, 1.54) is 11.6 Å². The molecule has 5 rings (SSSR count). The van der Waals surface area contributed by atoms with Crippen LogP contribution < -0.4 is 15.4 Å². The van der Waals surface area contributed by atoms with Crippen LogP contribution in [0.4, 0.5) is 10.1 Å². The molecule has 0 aliphatic carbocycles. The summed E-state index contributed by atoms with van der Waals surface area (Å²) in [5, 5.41) is 6.33. The molecule has 0 amide bonds. The van der Waals surface area contributed by atoms with Crippen molar-refractivity contribution in [2.45, 2.75) is 13.5 Å². The number of thiophene rings is 1. The molecule has 1 fully saturated rings. The Morgan fingerprint density at radius 3 is 2.65 bits per heavy atom. The van der Waals surface area contributed by atoms with Gasteiger partial charge in [0.15, 0.2) is 11.6 Å². The standard InChI is InChI=1S/C26H25FN4OS2/c1-17(33)30-20-6-7-23(21(27)14-20)32-24-8-9-29-22-15-25(34-26(22)24)19-4-2-18(3-5-19)16-31-12-10-28-11-13-31/h2-9,14-15,28H,10-13,16H2,1H3,(H,30,33). The van der Waals surface area contributed by atoms with E-state index < -0.39 is 5.82 Å². The molecule has 1 aliphatic heterocycles. The van der Waals surface area contributed by atoms with Crippen LogP contribution in [0.2, 0.25) is 0 Å². The zero-order chi connectivity index (χ0) is 23.5. The topological polar surface area (TPSA) is 49.4 Å². The highest BCUT2D eigenvalue weighted by Crippen LogP contribution is 2.39. The number of halogens is 1. The molecular formula is C26H25FN4OS2. The minimum absolute atomic E-state index is 0.160. The van der Waals surface area contributed by atoms with E-state index in [9.17, 15) is 4.39 Å². The molecule has 4 aromatic rings. The number of pyridine rings is 1. The van der Waals surface area contributed by atoms with E-state index in [1.807, 2.05) is 0 Å². The van der Waals surface area contributed by atoms with Crippen molar-refractivity contribution in [1.29, 1.82) is 0 Å². The first-order chi connectivity index (χ1) is 16.5. The molecule has 2 aromatic carbocycles. The Balaban J connectivity index is 1.36. The Kier molecular flexibility index (Phi) is 6.82. The van der Waals surface area contributed by atoms with Crippen molar-refractivity contribution in [3.05, 3.63) is 72.2 Å². The minimum atomic E-state index is -0.455. The molecule has 2 N–H and O–H groups in total. The summed E-state index contributed by atoms with van der Waals surface area (Å²) >= 11 is 6.62. The van der Waals surface area contributed by atoms with Gasteiger partial charge >= 0.3 is 0 Å². The number of piperazine rings is 1. The lowest BCUT2D eigenvalue weighted by Crippen LogP contribution is -2.42. The van der Waals surface area contributed by atoms with Gasteiger partial charge in [0.2, 0.25) is 0 Å². The van der Waals surface area contributed by atoms with Crippen LogP contribution in [0.25, 0.3) is 20.7 Å². The molecule has 0 radical (unpaired) electrons. The van der Waals surface area contributed by atoms with Crippen LogP contribution in [0, 0.1) is 5.82 Å². The maximum atomic E-state index is 14.6. The lowest BCUT2D eigenvalue weighted by atomic mass is 10.1. The summed E-state index contributed by atoms with van der Waals surface area (Å²) in [4.78, 5) is 8.64. The Morgan fingerprint density at radius 2 is 1.91 bits per heavy atom. The molecule has 0 unspecified atom stereocenters. The number of ether oxygens (including phenoxy) is 1. The molecule has 0 bridgehead atoms. The van der Waals surface area contributed by atoms with Gasteiger partial charge in [0.1, 0.15) is 5.75 Å². The number of hydrogen-bond donors (Lipinski definition) is 2. The van der Waals surface area contributed by atoms with Crippen molar-refractivity contribution in [3.8, 4) is 21.9 Å². The van der Waals surface area contributed by atoms with Crippen molar-refractivity contribution >= 4 is 44.4 Å². The van der Waals surface area contributed by atoms with Gasteiger partial charge in [0.05, 0.1) is 15.2 Å². The predicted molar refractivity (Wildman–Crippen MR) is 142 cm³/mol. The quantitative estimate of drug-likeness (QED) is 0.319. The number of nitrogens with zero attached hydrogens (tertiary/aromatic N) is 2. The SMILES string of the molecule is CC(=S)Nc1ccc(Oc2ccnc3cc(-c4ccc(CN5CCNCC5)cc4)sc23)c(F)c1. The van der Waals surface area contributed by atoms with E-state index >= 15 is 0 Å². The number of anilines is 1. The van der Waals surface area contributed by atoms with Crippen molar-refractivity contribution in [3.63, 3.8) is 0 Å². The summed E-state index contributed by atoms with van der Waals surface area (Å²) in [5.41, 5.74) is 3.87. The van der Waals surface area contributed by atoms with Gasteiger partial charge in [0, 0.05) is 61.6 Å². The molecule has 0 spiro atoms. The van der Waals surface area contributed by atoms with Crippen LogP contribution in [0.1, 0.15) is 12.5 Å². The highest BCUT2D eigenvalue weighted by molar-refractivity contribution is 7.80. The van der Waals surface area contributed by atoms with Crippen molar-refractivity contribution in [2.24, 2.45) is 0 Å². The number of fused-ring (bicyclic) bond motifs is 1. The Bertz CT molecular complexity index is 1320. The molecule has 3 heterocycles. The lowest BCUT2D eigenvalue weighted by molar-refractivity contribution is 0.233. The largest absolute Gasteiger partial charge is 0.453 e. The van der Waals surface area contributed by atoms with Crippen LogP contribution in [-0.2, 0) is 6.54 Å².